The molecule has 0 aliphatic rings. The minimum absolute atomic E-state index is 0.0290. The number of carboxylic acid groups (broad SMARTS) is 1. The number of primary amides is 1. The number of amides is 5. The topological polar surface area (TPSA) is 243 Å². The molecule has 5 amide bonds. The van der Waals surface area contributed by atoms with Gasteiger partial charge in [0.25, 0.3) is 0 Å². The maximum atomic E-state index is 13.1. The highest BCUT2D eigenvalue weighted by atomic mass is 16.5. The summed E-state index contributed by atoms with van der Waals surface area (Å²) in [5.74, 6) is -6.16. The van der Waals surface area contributed by atoms with Crippen LogP contribution < -0.4 is 32.9 Å². The SMILES string of the molecule is CC(C)C[C@H](CC(=O)NO)C(=O)N[C@@H](CC(C)C)C(=O)N[C@@H](CC(=O)O)C(=O)N[C@@H](CCCCN)C(N)=O. The number of unbranched alkanes of at least 4 members (excludes halogenated alkanes) is 1. The van der Waals surface area contributed by atoms with Gasteiger partial charge in [0.05, 0.1) is 6.42 Å². The number of hydrogen-bond donors (Lipinski definition) is 8. The molecule has 0 aliphatic carbocycles. The van der Waals surface area contributed by atoms with Gasteiger partial charge in [-0.1, -0.05) is 27.7 Å². The largest absolute Gasteiger partial charge is 0.481 e. The molecule has 0 rings (SSSR count). The highest BCUT2D eigenvalue weighted by molar-refractivity contribution is 5.96. The molecular formula is C24H44N6O8. The fourth-order valence-corrected chi connectivity index (χ4v) is 3.82. The van der Waals surface area contributed by atoms with Crippen molar-refractivity contribution in [2.75, 3.05) is 6.54 Å². The molecule has 38 heavy (non-hydrogen) atoms. The molecule has 0 saturated carbocycles. The van der Waals surface area contributed by atoms with Crippen molar-refractivity contribution in [3.63, 3.8) is 0 Å². The lowest BCUT2D eigenvalue weighted by molar-refractivity contribution is -0.141. The van der Waals surface area contributed by atoms with Gasteiger partial charge in [0.15, 0.2) is 0 Å². The van der Waals surface area contributed by atoms with Gasteiger partial charge in [-0.15, -0.1) is 0 Å². The second-order valence-corrected chi connectivity index (χ2v) is 10.2. The first-order valence-electron chi connectivity index (χ1n) is 12.8. The van der Waals surface area contributed by atoms with Gasteiger partial charge in [0.2, 0.25) is 29.5 Å². The average Bonchev–Trinajstić information content (AvgIpc) is 2.80. The van der Waals surface area contributed by atoms with E-state index in [1.54, 1.807) is 13.8 Å². The van der Waals surface area contributed by atoms with Gasteiger partial charge >= 0.3 is 5.97 Å². The van der Waals surface area contributed by atoms with Crippen molar-refractivity contribution in [2.45, 2.75) is 90.8 Å². The third-order valence-corrected chi connectivity index (χ3v) is 5.64. The lowest BCUT2D eigenvalue weighted by Crippen LogP contribution is -2.57. The van der Waals surface area contributed by atoms with Gasteiger partial charge < -0.3 is 32.5 Å². The van der Waals surface area contributed by atoms with E-state index in [0.29, 0.717) is 25.8 Å². The highest BCUT2D eigenvalue weighted by Crippen LogP contribution is 2.17. The van der Waals surface area contributed by atoms with Crippen LogP contribution in [0.15, 0.2) is 0 Å². The first-order valence-corrected chi connectivity index (χ1v) is 12.8. The highest BCUT2D eigenvalue weighted by Gasteiger charge is 2.32. The van der Waals surface area contributed by atoms with Crippen LogP contribution in [0.1, 0.15) is 72.6 Å². The van der Waals surface area contributed by atoms with E-state index in [9.17, 15) is 33.9 Å². The van der Waals surface area contributed by atoms with Crippen LogP contribution in [0.25, 0.3) is 0 Å². The summed E-state index contributed by atoms with van der Waals surface area (Å²) in [6, 6.07) is -3.77. The van der Waals surface area contributed by atoms with Crippen LogP contribution in [0.5, 0.6) is 0 Å². The number of rotatable bonds is 19. The number of aliphatic carboxylic acids is 1. The molecule has 0 spiro atoms. The summed E-state index contributed by atoms with van der Waals surface area (Å²) in [6.07, 6.45) is 0.648. The van der Waals surface area contributed by atoms with Crippen molar-refractivity contribution in [3.05, 3.63) is 0 Å². The molecule has 0 unspecified atom stereocenters. The van der Waals surface area contributed by atoms with Crippen molar-refractivity contribution < 1.29 is 39.1 Å². The van der Waals surface area contributed by atoms with Gasteiger partial charge in [0.1, 0.15) is 18.1 Å². The van der Waals surface area contributed by atoms with Crippen LogP contribution in [-0.4, -0.2) is 70.5 Å². The molecule has 0 aromatic carbocycles. The predicted octanol–water partition coefficient (Wildman–Crippen LogP) is -0.866. The minimum Gasteiger partial charge on any atom is -0.481 e. The first kappa shape index (κ1) is 34.7. The Morgan fingerprint density at radius 1 is 0.737 bits per heavy atom. The molecule has 0 aromatic rings. The normalized spacial score (nSPS) is 14.2. The standard InChI is InChI=1S/C24H44N6O8/c1-13(2)9-15(11-19(31)30-38)22(35)28-17(10-14(3)4)23(36)29-18(12-20(32)33)24(37)27-16(21(26)34)7-5-6-8-25/h13-18,38H,5-12,25H2,1-4H3,(H2,26,34)(H,27,37)(H,28,35)(H,29,36)(H,30,31)(H,32,33)/t15-,16+,17+,18+/m1/s1. The third-order valence-electron chi connectivity index (χ3n) is 5.64. The Hall–Kier alpha value is -3.26. The number of nitrogens with one attached hydrogen (secondary N) is 4. The molecule has 0 heterocycles. The third kappa shape index (κ3) is 14.5. The number of carbonyl (C=O) groups excluding carboxylic acids is 5. The predicted molar refractivity (Wildman–Crippen MR) is 137 cm³/mol. The van der Waals surface area contributed by atoms with Crippen molar-refractivity contribution in [2.24, 2.45) is 29.2 Å². The van der Waals surface area contributed by atoms with Gasteiger partial charge in [0, 0.05) is 12.3 Å². The van der Waals surface area contributed by atoms with Crippen molar-refractivity contribution in [3.8, 4) is 0 Å². The number of carbonyl (C=O) groups is 6. The molecule has 0 aromatic heterocycles. The molecule has 0 saturated heterocycles. The molecule has 14 nitrogen and oxygen atoms in total. The molecule has 4 atom stereocenters. The Morgan fingerprint density at radius 2 is 1.26 bits per heavy atom. The van der Waals surface area contributed by atoms with Crippen molar-refractivity contribution in [1.29, 1.82) is 0 Å². The van der Waals surface area contributed by atoms with E-state index in [1.807, 2.05) is 13.8 Å². The Morgan fingerprint density at radius 3 is 1.74 bits per heavy atom. The number of hydrogen-bond acceptors (Lipinski definition) is 8. The van der Waals surface area contributed by atoms with Crippen molar-refractivity contribution in [1.82, 2.24) is 21.4 Å². The minimum atomic E-state index is -1.55. The lowest BCUT2D eigenvalue weighted by atomic mass is 9.92. The first-order chi connectivity index (χ1) is 17.7. The van der Waals surface area contributed by atoms with Crippen LogP contribution >= 0.6 is 0 Å². The summed E-state index contributed by atoms with van der Waals surface area (Å²) < 4.78 is 0. The van der Waals surface area contributed by atoms with E-state index in [2.05, 4.69) is 16.0 Å². The summed E-state index contributed by atoms with van der Waals surface area (Å²) in [5.41, 5.74) is 12.3. The van der Waals surface area contributed by atoms with E-state index in [-0.39, 0.29) is 31.1 Å². The Labute approximate surface area is 223 Å². The van der Waals surface area contributed by atoms with E-state index >= 15 is 0 Å². The van der Waals surface area contributed by atoms with Crippen LogP contribution in [0, 0.1) is 17.8 Å². The fraction of sp³-hybridized carbons (Fsp3) is 0.750. The van der Waals surface area contributed by atoms with E-state index in [1.165, 1.54) is 5.48 Å². The Bertz CT molecular complexity index is 820. The van der Waals surface area contributed by atoms with Gasteiger partial charge in [-0.25, -0.2) is 5.48 Å². The Kier molecular flexibility index (Phi) is 16.5. The van der Waals surface area contributed by atoms with Gasteiger partial charge in [-0.3, -0.25) is 34.0 Å². The van der Waals surface area contributed by atoms with Crippen molar-refractivity contribution >= 4 is 35.5 Å². The molecule has 0 bridgehead atoms. The zero-order valence-corrected chi connectivity index (χ0v) is 22.6. The number of hydroxylamine groups is 1. The summed E-state index contributed by atoms with van der Waals surface area (Å²) in [7, 11) is 0. The summed E-state index contributed by atoms with van der Waals surface area (Å²) >= 11 is 0. The Balaban J connectivity index is 5.72. The molecule has 0 fully saturated rings. The van der Waals surface area contributed by atoms with Crippen LogP contribution in [-0.2, 0) is 28.8 Å². The maximum Gasteiger partial charge on any atom is 0.305 e. The monoisotopic (exact) mass is 544 g/mol. The molecular weight excluding hydrogens is 500 g/mol. The average molecular weight is 545 g/mol. The summed E-state index contributed by atoms with van der Waals surface area (Å²) in [4.78, 5) is 73.8. The number of nitrogens with two attached hydrogens (primary N) is 2. The lowest BCUT2D eigenvalue weighted by Gasteiger charge is -2.26. The van der Waals surface area contributed by atoms with Gasteiger partial charge in [-0.2, -0.15) is 0 Å². The summed E-state index contributed by atoms with van der Waals surface area (Å²) in [5, 5.41) is 25.5. The smallest absolute Gasteiger partial charge is 0.305 e. The second kappa shape index (κ2) is 18.1. The zero-order chi connectivity index (χ0) is 29.4. The molecule has 0 aliphatic heterocycles. The van der Waals surface area contributed by atoms with E-state index in [0.717, 1.165) is 0 Å². The van der Waals surface area contributed by atoms with Crippen LogP contribution in [0.4, 0.5) is 0 Å². The summed E-state index contributed by atoms with van der Waals surface area (Å²) in [6.45, 7) is 7.68. The molecule has 10 N–H and O–H groups in total. The fourth-order valence-electron chi connectivity index (χ4n) is 3.82. The quantitative estimate of drug-likeness (QED) is 0.0571. The molecule has 218 valence electrons. The zero-order valence-electron chi connectivity index (χ0n) is 22.6. The van der Waals surface area contributed by atoms with Gasteiger partial charge in [-0.05, 0) is 50.5 Å². The maximum absolute atomic E-state index is 13.1. The van der Waals surface area contributed by atoms with E-state index in [4.69, 9.17) is 16.7 Å². The van der Waals surface area contributed by atoms with E-state index < -0.39 is 66.0 Å². The van der Waals surface area contributed by atoms with Crippen LogP contribution in [0.3, 0.4) is 0 Å². The number of carboxylic acids is 1. The van der Waals surface area contributed by atoms with Crippen LogP contribution in [0.2, 0.25) is 0 Å². The molecule has 0 radical (unpaired) electrons. The second-order valence-electron chi connectivity index (χ2n) is 10.2. The molecule has 14 heteroatoms.